The second kappa shape index (κ2) is 5.50. The SMILES string of the molecule is N#Cc1c(N)nc2c(c1-c1ccc([N+](=O)[O-])cc1)C(=O)CCC2. The van der Waals surface area contributed by atoms with Gasteiger partial charge in [0.2, 0.25) is 0 Å². The quantitative estimate of drug-likeness (QED) is 0.672. The van der Waals surface area contributed by atoms with Gasteiger partial charge in [-0.1, -0.05) is 0 Å². The molecule has 0 aliphatic heterocycles. The first-order valence-corrected chi connectivity index (χ1v) is 7.03. The molecule has 0 spiro atoms. The van der Waals surface area contributed by atoms with Crippen LogP contribution in [0.2, 0.25) is 0 Å². The Morgan fingerprint density at radius 3 is 2.52 bits per heavy atom. The van der Waals surface area contributed by atoms with Gasteiger partial charge in [0, 0.05) is 29.7 Å². The summed E-state index contributed by atoms with van der Waals surface area (Å²) < 4.78 is 0. The van der Waals surface area contributed by atoms with Crippen molar-refractivity contribution in [2.45, 2.75) is 19.3 Å². The number of carbonyl (C=O) groups is 1. The van der Waals surface area contributed by atoms with Crippen LogP contribution in [-0.2, 0) is 6.42 Å². The lowest BCUT2D eigenvalue weighted by Crippen LogP contribution is -2.17. The number of nitro groups is 1. The summed E-state index contributed by atoms with van der Waals surface area (Å²) in [5.74, 6) is -0.00194. The minimum atomic E-state index is -0.503. The molecule has 23 heavy (non-hydrogen) atoms. The number of carbonyl (C=O) groups excluding carboxylic acids is 1. The summed E-state index contributed by atoms with van der Waals surface area (Å²) in [6.07, 6.45) is 1.71. The summed E-state index contributed by atoms with van der Waals surface area (Å²) in [6.45, 7) is 0. The second-order valence-corrected chi connectivity index (χ2v) is 5.26. The van der Waals surface area contributed by atoms with Gasteiger partial charge in [-0.15, -0.1) is 0 Å². The monoisotopic (exact) mass is 308 g/mol. The van der Waals surface area contributed by atoms with Gasteiger partial charge >= 0.3 is 0 Å². The minimum absolute atomic E-state index is 0.0607. The van der Waals surface area contributed by atoms with E-state index in [1.165, 1.54) is 24.3 Å². The molecule has 0 bridgehead atoms. The van der Waals surface area contributed by atoms with E-state index in [2.05, 4.69) is 4.98 Å². The smallest absolute Gasteiger partial charge is 0.269 e. The summed E-state index contributed by atoms with van der Waals surface area (Å²) in [6, 6.07) is 7.72. The van der Waals surface area contributed by atoms with E-state index in [0.717, 1.165) is 0 Å². The molecule has 0 atom stereocenters. The van der Waals surface area contributed by atoms with Crippen LogP contribution >= 0.6 is 0 Å². The van der Waals surface area contributed by atoms with Gasteiger partial charge in [0.15, 0.2) is 5.78 Å². The fourth-order valence-electron chi connectivity index (χ4n) is 2.83. The number of nitrogens with two attached hydrogens (primary N) is 1. The number of aryl methyl sites for hydroxylation is 1. The molecule has 1 heterocycles. The van der Waals surface area contributed by atoms with Gasteiger partial charge in [0.25, 0.3) is 5.69 Å². The number of ketones is 1. The third-order valence-corrected chi connectivity index (χ3v) is 3.87. The Balaban J connectivity index is 2.29. The molecule has 1 aliphatic carbocycles. The molecule has 1 aromatic carbocycles. The fourth-order valence-corrected chi connectivity index (χ4v) is 2.83. The summed E-state index contributed by atoms with van der Waals surface area (Å²) in [4.78, 5) is 26.8. The number of pyridine rings is 1. The molecule has 2 aromatic rings. The molecular weight excluding hydrogens is 296 g/mol. The number of nitriles is 1. The fraction of sp³-hybridized carbons (Fsp3) is 0.188. The van der Waals surface area contributed by atoms with Gasteiger partial charge < -0.3 is 5.73 Å². The van der Waals surface area contributed by atoms with E-state index in [1.54, 1.807) is 0 Å². The molecule has 0 radical (unpaired) electrons. The maximum Gasteiger partial charge on any atom is 0.269 e. The third-order valence-electron chi connectivity index (χ3n) is 3.87. The number of nitrogens with zero attached hydrogens (tertiary/aromatic N) is 3. The Hall–Kier alpha value is -3.27. The van der Waals surface area contributed by atoms with Crippen molar-refractivity contribution in [3.8, 4) is 17.2 Å². The summed E-state index contributed by atoms with van der Waals surface area (Å²) >= 11 is 0. The van der Waals surface area contributed by atoms with Gasteiger partial charge in [-0.05, 0) is 30.5 Å². The Bertz CT molecular complexity index is 866. The van der Waals surface area contributed by atoms with E-state index < -0.39 is 4.92 Å². The molecule has 7 heteroatoms. The number of nitrogen functional groups attached to an aromatic ring is 1. The number of Topliss-reactive ketones (excluding diaryl/α,β-unsaturated/α-hetero) is 1. The Kier molecular flexibility index (Phi) is 3.50. The van der Waals surface area contributed by atoms with Gasteiger partial charge in [-0.2, -0.15) is 5.26 Å². The highest BCUT2D eigenvalue weighted by Crippen LogP contribution is 2.36. The number of hydrogen-bond acceptors (Lipinski definition) is 6. The van der Waals surface area contributed by atoms with E-state index in [9.17, 15) is 20.2 Å². The normalized spacial score (nSPS) is 13.3. The van der Waals surface area contributed by atoms with Crippen molar-refractivity contribution in [3.63, 3.8) is 0 Å². The van der Waals surface area contributed by atoms with Crippen molar-refractivity contribution in [2.24, 2.45) is 0 Å². The number of non-ortho nitro benzene ring substituents is 1. The number of fused-ring (bicyclic) bond motifs is 1. The largest absolute Gasteiger partial charge is 0.383 e. The van der Waals surface area contributed by atoms with Crippen LogP contribution < -0.4 is 5.73 Å². The van der Waals surface area contributed by atoms with Crippen LogP contribution in [-0.4, -0.2) is 15.7 Å². The van der Waals surface area contributed by atoms with Crippen molar-refractivity contribution in [1.29, 1.82) is 5.26 Å². The predicted molar refractivity (Wildman–Crippen MR) is 82.7 cm³/mol. The maximum atomic E-state index is 12.3. The van der Waals surface area contributed by atoms with Gasteiger partial charge in [-0.3, -0.25) is 14.9 Å². The molecule has 3 rings (SSSR count). The number of aromatic nitrogens is 1. The lowest BCUT2D eigenvalue weighted by atomic mass is 9.86. The molecule has 0 saturated carbocycles. The zero-order chi connectivity index (χ0) is 16.6. The Labute approximate surface area is 131 Å². The maximum absolute atomic E-state index is 12.3. The van der Waals surface area contributed by atoms with Crippen LogP contribution in [0.4, 0.5) is 11.5 Å². The summed E-state index contributed by atoms with van der Waals surface area (Å²) in [5, 5.41) is 20.2. The van der Waals surface area contributed by atoms with Crippen molar-refractivity contribution in [1.82, 2.24) is 4.98 Å². The molecule has 0 amide bonds. The Morgan fingerprint density at radius 1 is 1.22 bits per heavy atom. The van der Waals surface area contributed by atoms with E-state index in [0.29, 0.717) is 41.6 Å². The van der Waals surface area contributed by atoms with Crippen molar-refractivity contribution in [2.75, 3.05) is 5.73 Å². The minimum Gasteiger partial charge on any atom is -0.383 e. The van der Waals surface area contributed by atoms with Crippen molar-refractivity contribution >= 4 is 17.3 Å². The zero-order valence-electron chi connectivity index (χ0n) is 12.1. The first-order chi connectivity index (χ1) is 11.0. The van der Waals surface area contributed by atoms with E-state index >= 15 is 0 Å². The standard InChI is InChI=1S/C16H12N4O3/c17-8-11-14(9-4-6-10(7-5-9)20(22)23)15-12(19-16(11)18)2-1-3-13(15)21/h4-7H,1-3H2,(H2,18,19). The second-order valence-electron chi connectivity index (χ2n) is 5.26. The highest BCUT2D eigenvalue weighted by Gasteiger charge is 2.27. The lowest BCUT2D eigenvalue weighted by Gasteiger charge is -2.19. The molecule has 0 unspecified atom stereocenters. The lowest BCUT2D eigenvalue weighted by molar-refractivity contribution is -0.384. The summed E-state index contributed by atoms with van der Waals surface area (Å²) in [7, 11) is 0. The van der Waals surface area contributed by atoms with E-state index in [1.807, 2.05) is 6.07 Å². The van der Waals surface area contributed by atoms with Gasteiger partial charge in [-0.25, -0.2) is 4.98 Å². The van der Waals surface area contributed by atoms with Crippen LogP contribution in [0.5, 0.6) is 0 Å². The molecule has 2 N–H and O–H groups in total. The van der Waals surface area contributed by atoms with Gasteiger partial charge in [0.1, 0.15) is 17.5 Å². The summed E-state index contributed by atoms with van der Waals surface area (Å²) in [5.41, 5.74) is 7.91. The van der Waals surface area contributed by atoms with Gasteiger partial charge in [0.05, 0.1) is 10.6 Å². The number of hydrogen-bond donors (Lipinski definition) is 1. The average Bonchev–Trinajstić information content (AvgIpc) is 2.54. The molecular formula is C16H12N4O3. The average molecular weight is 308 g/mol. The highest BCUT2D eigenvalue weighted by molar-refractivity contribution is 6.06. The first kappa shape index (κ1) is 14.7. The van der Waals surface area contributed by atoms with Crippen LogP contribution in [0, 0.1) is 21.4 Å². The van der Waals surface area contributed by atoms with Crippen molar-refractivity contribution in [3.05, 3.63) is 51.2 Å². The van der Waals surface area contributed by atoms with Crippen LogP contribution in [0.1, 0.15) is 34.5 Å². The molecule has 1 aliphatic rings. The van der Waals surface area contributed by atoms with Crippen molar-refractivity contribution < 1.29 is 9.72 Å². The van der Waals surface area contributed by atoms with Crippen LogP contribution in [0.15, 0.2) is 24.3 Å². The predicted octanol–water partition coefficient (Wildman–Crippen LogP) is 2.63. The van der Waals surface area contributed by atoms with E-state index in [-0.39, 0.29) is 22.9 Å². The number of anilines is 1. The topological polar surface area (TPSA) is 123 Å². The first-order valence-electron chi connectivity index (χ1n) is 7.03. The highest BCUT2D eigenvalue weighted by atomic mass is 16.6. The molecule has 1 aromatic heterocycles. The number of benzene rings is 1. The zero-order valence-corrected chi connectivity index (χ0v) is 12.1. The molecule has 7 nitrogen and oxygen atoms in total. The Morgan fingerprint density at radius 2 is 1.91 bits per heavy atom. The van der Waals surface area contributed by atoms with Crippen LogP contribution in [0.3, 0.4) is 0 Å². The third kappa shape index (κ3) is 2.40. The molecule has 0 fully saturated rings. The number of rotatable bonds is 2. The van der Waals surface area contributed by atoms with Crippen LogP contribution in [0.25, 0.3) is 11.1 Å². The number of nitro benzene ring substituents is 1. The molecule has 0 saturated heterocycles. The van der Waals surface area contributed by atoms with E-state index in [4.69, 9.17) is 5.73 Å². The molecule has 114 valence electrons.